The van der Waals surface area contributed by atoms with E-state index in [1.54, 1.807) is 0 Å². The van der Waals surface area contributed by atoms with Crippen LogP contribution < -0.4 is 0 Å². The third-order valence-electron chi connectivity index (χ3n) is 5.02. The highest BCUT2D eigenvalue weighted by molar-refractivity contribution is 5.88. The number of benzene rings is 1. The maximum atomic E-state index is 11.8. The minimum atomic E-state index is -2.38. The molecule has 0 amide bonds. The summed E-state index contributed by atoms with van der Waals surface area (Å²) in [5.74, 6) is -1.95. The van der Waals surface area contributed by atoms with E-state index in [0.29, 0.717) is 12.8 Å². The lowest BCUT2D eigenvalue weighted by molar-refractivity contribution is -0.144. The van der Waals surface area contributed by atoms with Crippen LogP contribution in [0.5, 0.6) is 0 Å². The number of rotatable bonds is 3. The summed E-state index contributed by atoms with van der Waals surface area (Å²) in [5.41, 5.74) is 3.02. The van der Waals surface area contributed by atoms with Gasteiger partial charge in [-0.2, -0.15) is 0 Å². The standard InChI is InChI=1S/C18H20N2O2/c1-2-6-20-10-12(18(21)22)7-14-13-4-3-5-15-17(13)11(9-19-15)8-16(14)20/h2-5,9,12,14,16,19H,1,6-8,10H2,(H,21,22)/t12-,14-,16-/m1/s1/i1D2,2D,6D2. The van der Waals surface area contributed by atoms with Crippen molar-refractivity contribution in [3.05, 3.63) is 48.1 Å². The normalized spacial score (nSPS) is 31.3. The van der Waals surface area contributed by atoms with Crippen molar-refractivity contribution in [2.45, 2.75) is 24.8 Å². The maximum Gasteiger partial charge on any atom is 0.307 e. The fourth-order valence-electron chi connectivity index (χ4n) is 4.08. The van der Waals surface area contributed by atoms with E-state index in [9.17, 15) is 9.90 Å². The van der Waals surface area contributed by atoms with E-state index < -0.39 is 31.0 Å². The number of carboxylic acids is 1. The van der Waals surface area contributed by atoms with E-state index in [1.165, 1.54) is 4.90 Å². The predicted octanol–water partition coefficient (Wildman–Crippen LogP) is 2.77. The van der Waals surface area contributed by atoms with Gasteiger partial charge in [0.25, 0.3) is 0 Å². The number of hydrogen-bond acceptors (Lipinski definition) is 2. The van der Waals surface area contributed by atoms with Crippen molar-refractivity contribution in [3.63, 3.8) is 0 Å². The molecule has 1 aliphatic heterocycles. The van der Waals surface area contributed by atoms with Crippen LogP contribution in [0, 0.1) is 5.92 Å². The second-order valence-corrected chi connectivity index (χ2v) is 6.12. The molecule has 114 valence electrons. The van der Waals surface area contributed by atoms with Gasteiger partial charge in [0.1, 0.15) is 0 Å². The molecule has 0 saturated carbocycles. The Morgan fingerprint density at radius 3 is 3.41 bits per heavy atom. The lowest BCUT2D eigenvalue weighted by Crippen LogP contribution is -2.51. The SMILES string of the molecule is [2H]C([2H])=C([2H])C([2H])([2H])N1C[C@H](C(=O)O)C[C@@H]2c3cccc4[nH]cc(c34)C[C@H]21. The first-order chi connectivity index (χ1) is 12.7. The molecular weight excluding hydrogens is 276 g/mol. The summed E-state index contributed by atoms with van der Waals surface area (Å²) in [6, 6.07) is 4.76. The molecule has 1 aromatic carbocycles. The first-order valence-electron chi connectivity index (χ1n) is 9.94. The number of piperidine rings is 1. The second kappa shape index (κ2) is 4.99. The van der Waals surface area contributed by atoms with E-state index >= 15 is 0 Å². The molecule has 1 fully saturated rings. The van der Waals surface area contributed by atoms with Crippen LogP contribution in [0.4, 0.5) is 0 Å². The summed E-state index contributed by atoms with van der Waals surface area (Å²) < 4.78 is 39.5. The quantitative estimate of drug-likeness (QED) is 0.857. The van der Waals surface area contributed by atoms with Gasteiger partial charge in [0.05, 0.1) is 10.0 Å². The Labute approximate surface area is 136 Å². The molecule has 2 N–H and O–H groups in total. The Hall–Kier alpha value is -2.07. The molecular formula is C18H20N2O2. The Balaban J connectivity index is 1.85. The number of nitrogens with one attached hydrogen (secondary N) is 1. The number of aromatic nitrogens is 1. The first kappa shape index (κ1) is 9.16. The van der Waals surface area contributed by atoms with Crippen molar-refractivity contribution in [2.24, 2.45) is 5.92 Å². The summed E-state index contributed by atoms with van der Waals surface area (Å²) >= 11 is 0. The Morgan fingerprint density at radius 1 is 1.68 bits per heavy atom. The van der Waals surface area contributed by atoms with Gasteiger partial charge in [-0.3, -0.25) is 9.69 Å². The number of hydrogen-bond donors (Lipinski definition) is 2. The predicted molar refractivity (Wildman–Crippen MR) is 86.0 cm³/mol. The molecule has 1 saturated heterocycles. The minimum Gasteiger partial charge on any atom is -0.481 e. The molecule has 2 aromatic rings. The van der Waals surface area contributed by atoms with Gasteiger partial charge >= 0.3 is 5.97 Å². The van der Waals surface area contributed by atoms with Gasteiger partial charge in [0.2, 0.25) is 0 Å². The van der Waals surface area contributed by atoms with Crippen LogP contribution in [-0.2, 0) is 11.2 Å². The number of aliphatic carboxylic acids is 1. The molecule has 0 spiro atoms. The van der Waals surface area contributed by atoms with E-state index in [0.717, 1.165) is 22.0 Å². The Bertz CT molecular complexity index is 950. The topological polar surface area (TPSA) is 56.3 Å². The average molecular weight is 301 g/mol. The van der Waals surface area contributed by atoms with Crippen LogP contribution in [-0.4, -0.2) is 40.0 Å². The van der Waals surface area contributed by atoms with Crippen molar-refractivity contribution in [2.75, 3.05) is 13.0 Å². The van der Waals surface area contributed by atoms with Gasteiger partial charge in [-0.25, -0.2) is 0 Å². The fourth-order valence-corrected chi connectivity index (χ4v) is 4.08. The molecule has 4 nitrogen and oxygen atoms in total. The summed E-state index contributed by atoms with van der Waals surface area (Å²) in [6.45, 7) is -3.32. The van der Waals surface area contributed by atoms with Crippen LogP contribution in [0.2, 0.25) is 0 Å². The molecule has 0 unspecified atom stereocenters. The van der Waals surface area contributed by atoms with E-state index in [1.807, 2.05) is 24.4 Å². The third-order valence-corrected chi connectivity index (χ3v) is 5.02. The molecule has 4 heteroatoms. The van der Waals surface area contributed by atoms with Gasteiger partial charge in [0.15, 0.2) is 0 Å². The monoisotopic (exact) mass is 301 g/mol. The van der Waals surface area contributed by atoms with Crippen molar-refractivity contribution in [1.29, 1.82) is 0 Å². The van der Waals surface area contributed by atoms with Crippen LogP contribution in [0.25, 0.3) is 10.9 Å². The maximum absolute atomic E-state index is 11.8. The van der Waals surface area contributed by atoms with Crippen LogP contribution in [0.1, 0.15) is 30.3 Å². The second-order valence-electron chi connectivity index (χ2n) is 6.12. The van der Waals surface area contributed by atoms with Crippen molar-refractivity contribution in [3.8, 4) is 0 Å². The molecule has 2 aliphatic rings. The van der Waals surface area contributed by atoms with Gasteiger partial charge in [-0.05, 0) is 30.0 Å². The number of aromatic amines is 1. The summed E-state index contributed by atoms with van der Waals surface area (Å²) in [4.78, 5) is 16.4. The minimum absolute atomic E-state index is 0.0467. The van der Waals surface area contributed by atoms with Crippen molar-refractivity contribution >= 4 is 16.9 Å². The van der Waals surface area contributed by atoms with E-state index in [4.69, 9.17) is 6.85 Å². The zero-order valence-corrected chi connectivity index (χ0v) is 12.0. The summed E-state index contributed by atoms with van der Waals surface area (Å²) in [7, 11) is 0. The van der Waals surface area contributed by atoms with Crippen molar-refractivity contribution in [1.82, 2.24) is 9.88 Å². The Morgan fingerprint density at radius 2 is 2.59 bits per heavy atom. The average Bonchev–Trinajstić information content (AvgIpc) is 3.04. The number of fused-ring (bicyclic) bond motifs is 2. The third kappa shape index (κ3) is 1.91. The highest BCUT2D eigenvalue weighted by atomic mass is 16.4. The largest absolute Gasteiger partial charge is 0.481 e. The molecule has 4 rings (SSSR count). The molecule has 1 aliphatic carbocycles. The van der Waals surface area contributed by atoms with E-state index in [-0.39, 0.29) is 18.5 Å². The van der Waals surface area contributed by atoms with E-state index in [2.05, 4.69) is 4.98 Å². The van der Waals surface area contributed by atoms with Crippen LogP contribution in [0.3, 0.4) is 0 Å². The van der Waals surface area contributed by atoms with Crippen LogP contribution >= 0.6 is 0 Å². The highest BCUT2D eigenvalue weighted by Crippen LogP contribution is 2.44. The molecule has 1 aromatic heterocycles. The number of likely N-dealkylation sites (tertiary alicyclic amines) is 1. The zero-order chi connectivity index (χ0) is 19.5. The van der Waals surface area contributed by atoms with Crippen LogP contribution in [0.15, 0.2) is 37.0 Å². The van der Waals surface area contributed by atoms with Gasteiger partial charge < -0.3 is 10.1 Å². The zero-order valence-electron chi connectivity index (χ0n) is 17.0. The molecule has 3 atom stereocenters. The highest BCUT2D eigenvalue weighted by Gasteiger charge is 2.42. The number of carbonyl (C=O) groups is 1. The number of carboxylic acid groups (broad SMARTS) is 1. The van der Waals surface area contributed by atoms with Gasteiger partial charge in [-0.1, -0.05) is 18.2 Å². The number of nitrogens with zero attached hydrogens (tertiary/aromatic N) is 1. The lowest BCUT2D eigenvalue weighted by atomic mass is 9.72. The van der Waals surface area contributed by atoms with Gasteiger partial charge in [0, 0.05) is 44.8 Å². The molecule has 0 radical (unpaired) electrons. The lowest BCUT2D eigenvalue weighted by Gasteiger charge is -2.45. The summed E-state index contributed by atoms with van der Waals surface area (Å²) in [6.07, 6.45) is 2.84. The first-order valence-corrected chi connectivity index (χ1v) is 7.44. The molecule has 22 heavy (non-hydrogen) atoms. The van der Waals surface area contributed by atoms with Crippen molar-refractivity contribution < 1.29 is 16.8 Å². The smallest absolute Gasteiger partial charge is 0.307 e. The number of H-pyrrole nitrogens is 1. The Kier molecular flexibility index (Phi) is 2.08. The molecule has 0 bridgehead atoms. The fraction of sp³-hybridized carbons (Fsp3) is 0.389. The molecule has 2 heterocycles. The van der Waals surface area contributed by atoms with Gasteiger partial charge in [-0.15, -0.1) is 6.53 Å². The summed E-state index contributed by atoms with van der Waals surface area (Å²) in [5, 5.41) is 10.7.